The number of para-hydroxylation sites is 1. The Morgan fingerprint density at radius 3 is 2.19 bits per heavy atom. The molecule has 0 saturated carbocycles. The molecule has 0 fully saturated rings. The van der Waals surface area contributed by atoms with E-state index in [4.69, 9.17) is 21.4 Å². The first-order valence-corrected chi connectivity index (χ1v) is 17.6. The number of hydrogen-bond donors (Lipinski definition) is 1. The van der Waals surface area contributed by atoms with Gasteiger partial charge in [-0.05, 0) is 132 Å². The van der Waals surface area contributed by atoms with Crippen LogP contribution in [-0.2, 0) is 5.41 Å². The highest BCUT2D eigenvalue weighted by atomic mass is 16.3. The number of nitrogens with zero attached hydrogens (tertiary/aromatic N) is 3. The van der Waals surface area contributed by atoms with E-state index in [0.29, 0.717) is 55.9 Å². The van der Waals surface area contributed by atoms with Gasteiger partial charge in [0, 0.05) is 31.2 Å². The van der Waals surface area contributed by atoms with E-state index >= 15 is 0 Å². The van der Waals surface area contributed by atoms with Crippen molar-refractivity contribution in [3.05, 3.63) is 167 Å². The molecule has 4 nitrogen and oxygen atoms in total. The van der Waals surface area contributed by atoms with Crippen LogP contribution in [0.4, 0.5) is 0 Å². The molecule has 0 unspecified atom stereocenters. The number of fused-ring (bicyclic) bond motifs is 1. The van der Waals surface area contributed by atoms with Gasteiger partial charge < -0.3 is 5.11 Å². The Labute approximate surface area is 336 Å². The zero-order valence-electron chi connectivity index (χ0n) is 43.5. The number of imidazole rings is 1. The second kappa shape index (κ2) is 13.6. The fourth-order valence-corrected chi connectivity index (χ4v) is 6.81. The van der Waals surface area contributed by atoms with Gasteiger partial charge in [0.2, 0.25) is 0 Å². The van der Waals surface area contributed by atoms with E-state index in [1.165, 1.54) is 0 Å². The molecule has 0 atom stereocenters. The van der Waals surface area contributed by atoms with Crippen molar-refractivity contribution < 1.29 is 22.9 Å². The first kappa shape index (κ1) is 22.7. The zero-order chi connectivity index (χ0) is 48.8. The molecule has 266 valence electrons. The van der Waals surface area contributed by atoms with Crippen LogP contribution in [0.1, 0.15) is 66.4 Å². The Balaban J connectivity index is 1.43. The van der Waals surface area contributed by atoms with Gasteiger partial charge in [-0.25, -0.2) is 4.98 Å². The molecule has 0 amide bonds. The lowest BCUT2D eigenvalue weighted by molar-refractivity contribution is 0.472. The molecule has 0 aliphatic rings. The molecule has 0 spiro atoms. The molecule has 2 heterocycles. The summed E-state index contributed by atoms with van der Waals surface area (Å²) in [7, 11) is 0. The number of hydrogen-bond acceptors (Lipinski definition) is 3. The van der Waals surface area contributed by atoms with E-state index in [1.54, 1.807) is 31.2 Å². The van der Waals surface area contributed by atoms with Crippen LogP contribution < -0.4 is 0 Å². The molecule has 8 aromatic rings. The number of aryl methyl sites for hydroxylation is 3. The Kier molecular flexibility index (Phi) is 5.73. The van der Waals surface area contributed by atoms with Crippen molar-refractivity contribution in [3.8, 4) is 67.5 Å². The summed E-state index contributed by atoms with van der Waals surface area (Å²) in [6, 6.07) is 25.1. The normalized spacial score (nSPS) is 15.6. The van der Waals surface area contributed by atoms with Crippen LogP contribution in [0.15, 0.2) is 139 Å². The maximum atomic E-state index is 11.7. The average molecular weight is 717 g/mol. The Morgan fingerprint density at radius 1 is 0.648 bits per heavy atom. The smallest absolute Gasteiger partial charge is 0.149 e. The molecule has 1 N–H and O–H groups in total. The topological polar surface area (TPSA) is 50.9 Å². The Hall–Kier alpha value is -6.26. The lowest BCUT2D eigenvalue weighted by Crippen LogP contribution is -2.11. The van der Waals surface area contributed by atoms with E-state index in [0.717, 1.165) is 16.7 Å². The quantitative estimate of drug-likeness (QED) is 0.186. The summed E-state index contributed by atoms with van der Waals surface area (Å²) in [5.41, 5.74) is 5.03. The fourth-order valence-electron chi connectivity index (χ4n) is 6.81. The first-order chi connectivity index (χ1) is 31.3. The van der Waals surface area contributed by atoms with Gasteiger partial charge in [0.25, 0.3) is 0 Å². The van der Waals surface area contributed by atoms with Crippen LogP contribution in [0.2, 0.25) is 0 Å². The molecule has 0 aliphatic heterocycles. The van der Waals surface area contributed by atoms with E-state index in [9.17, 15) is 6.48 Å². The van der Waals surface area contributed by atoms with Crippen LogP contribution in [0.3, 0.4) is 0 Å². The highest BCUT2D eigenvalue weighted by molar-refractivity contribution is 5.97. The SMILES string of the molecule is [2H]c1nc(-c2cc(-c3cccc4c3nc(-c3cc(C)cc(C)c3O)n4-c3cc(-c4ccccc4)cc(C([2H])([2H])[2H])c3)cc(C(C)(C)C)c2)c([2H])c(-c2c([2H])c([2H])c(C([2H])([2H])[2H])c([2H])c2[2H])c1[2H]. The molecule has 54 heavy (non-hydrogen) atoms. The number of aromatic nitrogens is 3. The molecule has 2 aromatic heterocycles. The highest BCUT2D eigenvalue weighted by Crippen LogP contribution is 2.41. The second-order valence-corrected chi connectivity index (χ2v) is 14.6. The average Bonchev–Trinajstić information content (AvgIpc) is 3.65. The molecule has 0 bridgehead atoms. The predicted molar refractivity (Wildman–Crippen MR) is 225 cm³/mol. The molecule has 0 aliphatic carbocycles. The molecule has 4 heteroatoms. The van der Waals surface area contributed by atoms with Gasteiger partial charge in [-0.1, -0.05) is 111 Å². The molecule has 6 aromatic carbocycles. The summed E-state index contributed by atoms with van der Waals surface area (Å²) in [5, 5.41) is 11.7. The van der Waals surface area contributed by atoms with Crippen molar-refractivity contribution in [1.29, 1.82) is 0 Å². The van der Waals surface area contributed by atoms with Gasteiger partial charge >= 0.3 is 0 Å². The van der Waals surface area contributed by atoms with Crippen molar-refractivity contribution >= 4 is 11.0 Å². The van der Waals surface area contributed by atoms with Crippen molar-refractivity contribution in [2.24, 2.45) is 0 Å². The van der Waals surface area contributed by atoms with E-state index in [2.05, 4.69) is 4.98 Å². The van der Waals surface area contributed by atoms with Crippen molar-refractivity contribution in [3.63, 3.8) is 0 Å². The van der Waals surface area contributed by atoms with Crippen LogP contribution in [-0.4, -0.2) is 19.6 Å². The molecular formula is C50H45N3O. The third-order valence-corrected chi connectivity index (χ3v) is 9.50. The summed E-state index contributed by atoms with van der Waals surface area (Å²) in [6.45, 7) is 4.23. The van der Waals surface area contributed by atoms with Crippen LogP contribution >= 0.6 is 0 Å². The van der Waals surface area contributed by atoms with Crippen LogP contribution in [0.25, 0.3) is 72.7 Å². The summed E-state index contributed by atoms with van der Waals surface area (Å²) in [6.07, 6.45) is -0.603. The minimum Gasteiger partial charge on any atom is -0.507 e. The number of benzene rings is 6. The number of phenols is 1. The van der Waals surface area contributed by atoms with Gasteiger partial charge in [-0.2, -0.15) is 0 Å². The standard InChI is InChI=1S/C50H45N3O/c1-31-16-18-36(19-17-31)37-20-21-51-45(30-37)40-26-39(27-41(28-40)50(5,6)7)43-14-11-15-46-47(43)52-49(44-25-32(2)22-34(4)48(44)54)53(46)42-24-33(3)23-38(29-42)35-12-9-8-10-13-35/h8-30,54H,1-7H3/i1D3,3D3,16D,17D,18D,19D,20D,21D,30D. The van der Waals surface area contributed by atoms with Gasteiger partial charge in [-0.3, -0.25) is 9.55 Å². The summed E-state index contributed by atoms with van der Waals surface area (Å²) >= 11 is 0. The van der Waals surface area contributed by atoms with Crippen molar-refractivity contribution in [2.45, 2.75) is 53.7 Å². The van der Waals surface area contributed by atoms with Gasteiger partial charge in [-0.15, -0.1) is 0 Å². The summed E-state index contributed by atoms with van der Waals surface area (Å²) in [4.78, 5) is 9.65. The van der Waals surface area contributed by atoms with E-state index in [1.807, 2.05) is 105 Å². The maximum Gasteiger partial charge on any atom is 0.149 e. The minimum absolute atomic E-state index is 0.000307. The summed E-state index contributed by atoms with van der Waals surface area (Å²) < 4.78 is 113. The molecule has 0 radical (unpaired) electrons. The number of rotatable bonds is 6. The van der Waals surface area contributed by atoms with E-state index in [-0.39, 0.29) is 17.0 Å². The van der Waals surface area contributed by atoms with Crippen molar-refractivity contribution in [1.82, 2.24) is 14.5 Å². The Morgan fingerprint density at radius 2 is 1.43 bits per heavy atom. The highest BCUT2D eigenvalue weighted by Gasteiger charge is 2.23. The monoisotopic (exact) mass is 716 g/mol. The number of phenolic OH excluding ortho intramolecular Hbond substituents is 1. The van der Waals surface area contributed by atoms with Crippen LogP contribution in [0.5, 0.6) is 5.75 Å². The molecule has 8 rings (SSSR count). The largest absolute Gasteiger partial charge is 0.507 e. The number of pyridine rings is 1. The zero-order valence-corrected chi connectivity index (χ0v) is 30.5. The van der Waals surface area contributed by atoms with Crippen molar-refractivity contribution in [2.75, 3.05) is 0 Å². The predicted octanol–water partition coefficient (Wildman–Crippen LogP) is 13.0. The maximum absolute atomic E-state index is 11.7. The van der Waals surface area contributed by atoms with Gasteiger partial charge in [0.15, 0.2) is 0 Å². The molecular weight excluding hydrogens is 659 g/mol. The van der Waals surface area contributed by atoms with Crippen LogP contribution in [0, 0.1) is 27.6 Å². The first-order valence-electron chi connectivity index (χ1n) is 24.1. The third-order valence-electron chi connectivity index (χ3n) is 9.50. The lowest BCUT2D eigenvalue weighted by Gasteiger charge is -2.22. The van der Waals surface area contributed by atoms with E-state index < -0.39 is 78.2 Å². The number of aromatic hydroxyl groups is 1. The lowest BCUT2D eigenvalue weighted by atomic mass is 9.83. The second-order valence-electron chi connectivity index (χ2n) is 14.6. The fraction of sp³-hybridized carbons (Fsp3) is 0.160. The molecule has 0 saturated heterocycles. The van der Waals surface area contributed by atoms with Gasteiger partial charge in [0.05, 0.1) is 31.9 Å². The minimum atomic E-state index is -2.98. The third kappa shape index (κ3) is 6.60. The summed E-state index contributed by atoms with van der Waals surface area (Å²) in [5.74, 6) is 0.342. The Bertz CT molecular complexity index is 3280. The van der Waals surface area contributed by atoms with Gasteiger partial charge in [0.1, 0.15) is 11.6 Å².